The average molecular weight is 401 g/mol. The fourth-order valence-corrected chi connectivity index (χ4v) is 4.18. The Labute approximate surface area is 163 Å². The van der Waals surface area contributed by atoms with Crippen LogP contribution in [0.2, 0.25) is 0 Å². The Bertz CT molecular complexity index is 1060. The molecule has 146 valence electrons. The Morgan fingerprint density at radius 3 is 2.46 bits per heavy atom. The van der Waals surface area contributed by atoms with Crippen molar-refractivity contribution in [3.63, 3.8) is 0 Å². The molecule has 3 rings (SSSR count). The lowest BCUT2D eigenvalue weighted by molar-refractivity contribution is -0.118. The molecule has 0 spiro atoms. The zero-order chi connectivity index (χ0) is 20.0. The summed E-state index contributed by atoms with van der Waals surface area (Å²) in [7, 11) is -3.61. The number of carbonyl (C=O) groups is 1. The first-order valence-electron chi connectivity index (χ1n) is 8.75. The number of sulfone groups is 1. The van der Waals surface area contributed by atoms with E-state index in [-0.39, 0.29) is 24.7 Å². The van der Waals surface area contributed by atoms with E-state index in [4.69, 9.17) is 4.74 Å². The van der Waals surface area contributed by atoms with Crippen LogP contribution in [-0.2, 0) is 20.4 Å². The van der Waals surface area contributed by atoms with E-state index in [0.29, 0.717) is 11.3 Å². The van der Waals surface area contributed by atoms with E-state index in [1.807, 2.05) is 30.3 Å². The van der Waals surface area contributed by atoms with Gasteiger partial charge in [0.05, 0.1) is 12.3 Å². The van der Waals surface area contributed by atoms with Crippen LogP contribution in [0.1, 0.15) is 5.56 Å². The molecule has 0 bridgehead atoms. The third kappa shape index (κ3) is 5.53. The average Bonchev–Trinajstić information content (AvgIpc) is 2.66. The van der Waals surface area contributed by atoms with E-state index in [1.165, 1.54) is 24.3 Å². The SMILES string of the molecule is O=C(CS(=O)(=O)Cc1cccc2ccccc12)NCCOc1ccc(F)cc1. The van der Waals surface area contributed by atoms with Gasteiger partial charge in [-0.15, -0.1) is 0 Å². The zero-order valence-corrected chi connectivity index (χ0v) is 15.9. The van der Waals surface area contributed by atoms with Gasteiger partial charge in [-0.25, -0.2) is 12.8 Å². The van der Waals surface area contributed by atoms with Crippen LogP contribution in [0.15, 0.2) is 66.7 Å². The smallest absolute Gasteiger partial charge is 0.235 e. The summed E-state index contributed by atoms with van der Waals surface area (Å²) in [5.74, 6) is -1.26. The molecule has 3 aromatic rings. The van der Waals surface area contributed by atoms with E-state index in [9.17, 15) is 17.6 Å². The fourth-order valence-electron chi connectivity index (χ4n) is 2.85. The normalized spacial score (nSPS) is 11.3. The summed E-state index contributed by atoms with van der Waals surface area (Å²) in [6.07, 6.45) is 0. The maximum atomic E-state index is 12.8. The van der Waals surface area contributed by atoms with Gasteiger partial charge in [-0.1, -0.05) is 42.5 Å². The van der Waals surface area contributed by atoms with E-state index >= 15 is 0 Å². The second-order valence-corrected chi connectivity index (χ2v) is 8.39. The second-order valence-electron chi connectivity index (χ2n) is 6.32. The van der Waals surface area contributed by atoms with Gasteiger partial charge in [-0.3, -0.25) is 4.79 Å². The van der Waals surface area contributed by atoms with Gasteiger partial charge in [0.2, 0.25) is 5.91 Å². The van der Waals surface area contributed by atoms with E-state index in [2.05, 4.69) is 5.32 Å². The van der Waals surface area contributed by atoms with Crippen molar-refractivity contribution < 1.29 is 22.3 Å². The molecule has 0 heterocycles. The van der Waals surface area contributed by atoms with Crippen LogP contribution in [0, 0.1) is 5.82 Å². The van der Waals surface area contributed by atoms with Crippen molar-refractivity contribution in [1.29, 1.82) is 0 Å². The van der Waals surface area contributed by atoms with Crippen molar-refractivity contribution in [1.82, 2.24) is 5.32 Å². The predicted octanol–water partition coefficient (Wildman–Crippen LogP) is 3.09. The van der Waals surface area contributed by atoms with Crippen LogP contribution in [0.3, 0.4) is 0 Å². The second kappa shape index (κ2) is 8.84. The molecule has 7 heteroatoms. The molecule has 3 aromatic carbocycles. The molecular weight excluding hydrogens is 381 g/mol. The highest BCUT2D eigenvalue weighted by Gasteiger charge is 2.18. The Morgan fingerprint density at radius 2 is 1.68 bits per heavy atom. The summed E-state index contributed by atoms with van der Waals surface area (Å²) in [5.41, 5.74) is 0.672. The highest BCUT2D eigenvalue weighted by atomic mass is 32.2. The van der Waals surface area contributed by atoms with Gasteiger partial charge in [-0.2, -0.15) is 0 Å². The Hall–Kier alpha value is -2.93. The van der Waals surface area contributed by atoms with Gasteiger partial charge < -0.3 is 10.1 Å². The number of fused-ring (bicyclic) bond motifs is 1. The Kier molecular flexibility index (Phi) is 6.26. The van der Waals surface area contributed by atoms with Crippen LogP contribution in [0.25, 0.3) is 10.8 Å². The minimum Gasteiger partial charge on any atom is -0.492 e. The number of ether oxygens (including phenoxy) is 1. The maximum absolute atomic E-state index is 12.8. The number of nitrogens with one attached hydrogen (secondary N) is 1. The molecule has 0 aliphatic rings. The monoisotopic (exact) mass is 401 g/mol. The summed E-state index contributed by atoms with van der Waals surface area (Å²) >= 11 is 0. The molecule has 0 aliphatic carbocycles. The lowest BCUT2D eigenvalue weighted by atomic mass is 10.1. The molecule has 0 aliphatic heterocycles. The van der Waals surface area contributed by atoms with E-state index in [1.54, 1.807) is 12.1 Å². The number of rotatable bonds is 8. The summed E-state index contributed by atoms with van der Waals surface area (Å²) in [6, 6.07) is 18.5. The first kappa shape index (κ1) is 19.8. The summed E-state index contributed by atoms with van der Waals surface area (Å²) in [5, 5.41) is 4.34. The quantitative estimate of drug-likeness (QED) is 0.589. The fraction of sp³-hybridized carbons (Fsp3) is 0.190. The van der Waals surface area contributed by atoms with Gasteiger partial charge >= 0.3 is 0 Å². The molecule has 0 unspecified atom stereocenters. The summed E-state index contributed by atoms with van der Waals surface area (Å²) in [6.45, 7) is 0.306. The van der Waals surface area contributed by atoms with Crippen molar-refractivity contribution in [3.05, 3.63) is 78.1 Å². The van der Waals surface area contributed by atoms with Gasteiger partial charge in [0.15, 0.2) is 9.84 Å². The predicted molar refractivity (Wildman–Crippen MR) is 106 cm³/mol. The molecule has 1 N–H and O–H groups in total. The van der Waals surface area contributed by atoms with Crippen molar-refractivity contribution >= 4 is 26.5 Å². The molecule has 0 saturated carbocycles. The topological polar surface area (TPSA) is 72.5 Å². The molecule has 0 fully saturated rings. The number of carbonyl (C=O) groups excluding carboxylic acids is 1. The first-order chi connectivity index (χ1) is 13.4. The number of halogens is 1. The molecule has 28 heavy (non-hydrogen) atoms. The van der Waals surface area contributed by atoms with Gasteiger partial charge in [0.25, 0.3) is 0 Å². The van der Waals surface area contributed by atoms with Gasteiger partial charge in [0.1, 0.15) is 23.9 Å². The standard InChI is InChI=1S/C21H20FNO4S/c22-18-8-10-19(11-9-18)27-13-12-23-21(24)15-28(25,26)14-17-6-3-5-16-4-1-2-7-20(16)17/h1-11H,12-15H2,(H,23,24). The van der Waals surface area contributed by atoms with Crippen LogP contribution < -0.4 is 10.1 Å². The largest absolute Gasteiger partial charge is 0.492 e. The molecule has 1 amide bonds. The maximum Gasteiger partial charge on any atom is 0.235 e. The van der Waals surface area contributed by atoms with E-state index in [0.717, 1.165) is 10.8 Å². The number of amides is 1. The number of hydrogen-bond donors (Lipinski definition) is 1. The van der Waals surface area contributed by atoms with Crippen LogP contribution in [0.4, 0.5) is 4.39 Å². The highest BCUT2D eigenvalue weighted by molar-refractivity contribution is 7.91. The molecule has 0 radical (unpaired) electrons. The minimum atomic E-state index is -3.61. The third-order valence-corrected chi connectivity index (χ3v) is 5.57. The highest BCUT2D eigenvalue weighted by Crippen LogP contribution is 2.20. The third-order valence-electron chi connectivity index (χ3n) is 4.11. The Balaban J connectivity index is 1.50. The molecule has 0 aromatic heterocycles. The molecule has 5 nitrogen and oxygen atoms in total. The Morgan fingerprint density at radius 1 is 0.964 bits per heavy atom. The van der Waals surface area contributed by atoms with Crippen molar-refractivity contribution in [2.75, 3.05) is 18.9 Å². The lowest BCUT2D eigenvalue weighted by Crippen LogP contribution is -2.33. The lowest BCUT2D eigenvalue weighted by Gasteiger charge is -2.09. The van der Waals surface area contributed by atoms with Crippen LogP contribution >= 0.6 is 0 Å². The van der Waals surface area contributed by atoms with Gasteiger partial charge in [0, 0.05) is 0 Å². The minimum absolute atomic E-state index is 0.153. The first-order valence-corrected chi connectivity index (χ1v) is 10.6. The zero-order valence-electron chi connectivity index (χ0n) is 15.1. The summed E-state index contributed by atoms with van der Waals surface area (Å²) in [4.78, 5) is 12.0. The number of benzene rings is 3. The number of hydrogen-bond acceptors (Lipinski definition) is 4. The van der Waals surface area contributed by atoms with Crippen molar-refractivity contribution in [3.8, 4) is 5.75 Å². The van der Waals surface area contributed by atoms with Crippen LogP contribution in [0.5, 0.6) is 5.75 Å². The van der Waals surface area contributed by atoms with Crippen LogP contribution in [-0.4, -0.2) is 33.2 Å². The van der Waals surface area contributed by atoms with Gasteiger partial charge in [-0.05, 0) is 40.6 Å². The summed E-state index contributed by atoms with van der Waals surface area (Å²) < 4.78 is 43.0. The van der Waals surface area contributed by atoms with Crippen molar-refractivity contribution in [2.45, 2.75) is 5.75 Å². The molecule has 0 saturated heterocycles. The van der Waals surface area contributed by atoms with E-state index < -0.39 is 21.5 Å². The van der Waals surface area contributed by atoms with Crippen molar-refractivity contribution in [2.24, 2.45) is 0 Å². The molecular formula is C21H20FNO4S. The molecule has 0 atom stereocenters.